The Bertz CT molecular complexity index is 1020. The van der Waals surface area contributed by atoms with Crippen molar-refractivity contribution in [2.45, 2.75) is 19.5 Å². The summed E-state index contributed by atoms with van der Waals surface area (Å²) in [5.74, 6) is -0.403. The lowest BCUT2D eigenvalue weighted by molar-refractivity contribution is -0.130. The zero-order chi connectivity index (χ0) is 19.0. The van der Waals surface area contributed by atoms with E-state index in [4.69, 9.17) is 4.42 Å². The van der Waals surface area contributed by atoms with Gasteiger partial charge < -0.3 is 14.4 Å². The number of furan rings is 1. The Labute approximate surface area is 159 Å². The molecule has 1 N–H and O–H groups in total. The fraction of sp³-hybridized carbons (Fsp3) is 0.150. The average molecular weight is 380 g/mol. The summed E-state index contributed by atoms with van der Waals surface area (Å²) in [5.41, 5.74) is 0.831. The Morgan fingerprint density at radius 2 is 2.15 bits per heavy atom. The minimum Gasteiger partial charge on any atom is -0.503 e. The quantitative estimate of drug-likeness (QED) is 0.680. The first-order valence-electron chi connectivity index (χ1n) is 8.34. The molecular weight excluding hydrogens is 364 g/mol. The number of Topliss-reactive ketones (excluding diaryl/α,β-unsaturated/α-hetero) is 1. The molecular formula is C20H16N2O4S. The number of carbonyl (C=O) groups is 2. The van der Waals surface area contributed by atoms with Gasteiger partial charge in [-0.15, -0.1) is 11.3 Å². The van der Waals surface area contributed by atoms with E-state index in [1.807, 2.05) is 6.07 Å². The Kier molecular flexibility index (Phi) is 4.37. The summed E-state index contributed by atoms with van der Waals surface area (Å²) in [5, 5.41) is 12.3. The standard InChI is InChI=1S/C20H16N2O4S/c1-12-6-7-14(26-12)17-16(18(23)15-5-3-9-27-15)19(24)20(25)22(17)11-13-4-2-8-21-10-13/h2-10,17,24H,11H2,1H3. The number of amides is 1. The van der Waals surface area contributed by atoms with Crippen LogP contribution in [0, 0.1) is 6.92 Å². The molecule has 6 nitrogen and oxygen atoms in total. The van der Waals surface area contributed by atoms with E-state index in [0.29, 0.717) is 16.4 Å². The first-order chi connectivity index (χ1) is 13.1. The molecule has 0 bridgehead atoms. The molecule has 1 atom stereocenters. The number of aryl methyl sites for hydroxylation is 1. The summed E-state index contributed by atoms with van der Waals surface area (Å²) in [7, 11) is 0. The third-order valence-corrected chi connectivity index (χ3v) is 5.27. The first kappa shape index (κ1) is 17.2. The van der Waals surface area contributed by atoms with Crippen molar-refractivity contribution < 1.29 is 19.1 Å². The zero-order valence-electron chi connectivity index (χ0n) is 14.5. The van der Waals surface area contributed by atoms with Gasteiger partial charge in [0.1, 0.15) is 17.6 Å². The third kappa shape index (κ3) is 3.06. The first-order valence-corrected chi connectivity index (χ1v) is 9.21. The largest absolute Gasteiger partial charge is 0.503 e. The molecule has 1 aliphatic rings. The van der Waals surface area contributed by atoms with E-state index >= 15 is 0 Å². The molecule has 4 rings (SSSR count). The molecule has 1 unspecified atom stereocenters. The highest BCUT2D eigenvalue weighted by Gasteiger charge is 2.45. The number of hydrogen-bond acceptors (Lipinski definition) is 6. The second-order valence-electron chi connectivity index (χ2n) is 6.21. The summed E-state index contributed by atoms with van der Waals surface area (Å²) < 4.78 is 5.73. The van der Waals surface area contributed by atoms with Crippen molar-refractivity contribution in [2.75, 3.05) is 0 Å². The highest BCUT2D eigenvalue weighted by atomic mass is 32.1. The van der Waals surface area contributed by atoms with Gasteiger partial charge in [0.2, 0.25) is 5.78 Å². The summed E-state index contributed by atoms with van der Waals surface area (Å²) in [6.45, 7) is 1.98. The van der Waals surface area contributed by atoms with Crippen molar-refractivity contribution in [2.24, 2.45) is 0 Å². The molecule has 136 valence electrons. The van der Waals surface area contributed by atoms with Crippen molar-refractivity contribution in [3.63, 3.8) is 0 Å². The number of aromatic nitrogens is 1. The minimum atomic E-state index is -0.791. The van der Waals surface area contributed by atoms with Gasteiger partial charge in [0.25, 0.3) is 5.91 Å². The molecule has 0 saturated heterocycles. The monoisotopic (exact) mass is 380 g/mol. The van der Waals surface area contributed by atoms with Crippen LogP contribution in [0.1, 0.15) is 32.8 Å². The van der Waals surface area contributed by atoms with Crippen LogP contribution in [0.25, 0.3) is 0 Å². The summed E-state index contributed by atoms with van der Waals surface area (Å²) in [4.78, 5) is 31.8. The Hall–Kier alpha value is -3.19. The lowest BCUT2D eigenvalue weighted by Gasteiger charge is -2.24. The smallest absolute Gasteiger partial charge is 0.290 e. The number of pyridine rings is 1. The van der Waals surface area contributed by atoms with Crippen LogP contribution >= 0.6 is 11.3 Å². The van der Waals surface area contributed by atoms with Crippen LogP contribution in [0.15, 0.2) is 69.9 Å². The van der Waals surface area contributed by atoms with Crippen LogP contribution in [-0.2, 0) is 11.3 Å². The molecule has 0 aromatic carbocycles. The highest BCUT2D eigenvalue weighted by molar-refractivity contribution is 7.12. The maximum atomic E-state index is 13.0. The average Bonchev–Trinajstić information content (AvgIpc) is 3.39. The lowest BCUT2D eigenvalue weighted by atomic mass is 10.00. The van der Waals surface area contributed by atoms with E-state index in [1.165, 1.54) is 16.2 Å². The number of ketones is 1. The molecule has 4 heterocycles. The van der Waals surface area contributed by atoms with Gasteiger partial charge in [-0.05, 0) is 42.1 Å². The Balaban J connectivity index is 1.78. The highest BCUT2D eigenvalue weighted by Crippen LogP contribution is 2.40. The molecule has 0 radical (unpaired) electrons. The summed E-state index contributed by atoms with van der Waals surface area (Å²) in [6.07, 6.45) is 3.29. The van der Waals surface area contributed by atoms with Gasteiger partial charge in [-0.2, -0.15) is 0 Å². The molecule has 0 spiro atoms. The summed E-state index contributed by atoms with van der Waals surface area (Å²) >= 11 is 1.26. The van der Waals surface area contributed by atoms with E-state index < -0.39 is 17.7 Å². The fourth-order valence-electron chi connectivity index (χ4n) is 3.17. The number of aliphatic hydroxyl groups is 1. The van der Waals surface area contributed by atoms with Crippen LogP contribution in [0.3, 0.4) is 0 Å². The fourth-order valence-corrected chi connectivity index (χ4v) is 3.85. The van der Waals surface area contributed by atoms with Crippen LogP contribution in [0.2, 0.25) is 0 Å². The number of rotatable bonds is 5. The predicted molar refractivity (Wildman–Crippen MR) is 99.3 cm³/mol. The van der Waals surface area contributed by atoms with Gasteiger partial charge in [0, 0.05) is 18.9 Å². The van der Waals surface area contributed by atoms with Crippen molar-refractivity contribution >= 4 is 23.0 Å². The lowest BCUT2D eigenvalue weighted by Crippen LogP contribution is -2.30. The van der Waals surface area contributed by atoms with Crippen LogP contribution < -0.4 is 0 Å². The van der Waals surface area contributed by atoms with Gasteiger partial charge in [-0.3, -0.25) is 14.6 Å². The summed E-state index contributed by atoms with van der Waals surface area (Å²) in [6, 6.07) is 9.74. The molecule has 0 aliphatic carbocycles. The van der Waals surface area contributed by atoms with E-state index in [1.54, 1.807) is 55.0 Å². The van der Waals surface area contributed by atoms with Crippen molar-refractivity contribution in [1.29, 1.82) is 0 Å². The van der Waals surface area contributed by atoms with Crippen molar-refractivity contribution in [3.05, 3.63) is 87.5 Å². The van der Waals surface area contributed by atoms with Gasteiger partial charge in [-0.25, -0.2) is 0 Å². The Morgan fingerprint density at radius 3 is 2.78 bits per heavy atom. The van der Waals surface area contributed by atoms with Crippen molar-refractivity contribution in [3.8, 4) is 0 Å². The van der Waals surface area contributed by atoms with Gasteiger partial charge in [0.15, 0.2) is 5.76 Å². The van der Waals surface area contributed by atoms with E-state index in [0.717, 1.165) is 5.56 Å². The molecule has 1 aliphatic heterocycles. The maximum absolute atomic E-state index is 13.0. The topological polar surface area (TPSA) is 83.6 Å². The van der Waals surface area contributed by atoms with Crippen LogP contribution in [0.5, 0.6) is 0 Å². The van der Waals surface area contributed by atoms with Crippen LogP contribution in [0.4, 0.5) is 0 Å². The molecule has 0 fully saturated rings. The predicted octanol–water partition coefficient (Wildman–Crippen LogP) is 3.82. The SMILES string of the molecule is Cc1ccc(C2C(C(=O)c3cccs3)=C(O)C(=O)N2Cc2cccnc2)o1. The molecule has 0 saturated carbocycles. The maximum Gasteiger partial charge on any atom is 0.290 e. The third-order valence-electron chi connectivity index (χ3n) is 4.40. The molecule has 3 aromatic rings. The van der Waals surface area contributed by atoms with Gasteiger partial charge >= 0.3 is 0 Å². The number of nitrogens with zero attached hydrogens (tertiary/aromatic N) is 2. The molecule has 3 aromatic heterocycles. The zero-order valence-corrected chi connectivity index (χ0v) is 15.3. The number of thiophene rings is 1. The second-order valence-corrected chi connectivity index (χ2v) is 7.16. The van der Waals surface area contributed by atoms with E-state index in [-0.39, 0.29) is 17.9 Å². The van der Waals surface area contributed by atoms with E-state index in [2.05, 4.69) is 4.98 Å². The molecule has 7 heteroatoms. The number of carbonyl (C=O) groups excluding carboxylic acids is 2. The minimum absolute atomic E-state index is 0.0423. The normalized spacial score (nSPS) is 17.0. The van der Waals surface area contributed by atoms with Gasteiger partial charge in [0.05, 0.1) is 10.5 Å². The van der Waals surface area contributed by atoms with E-state index in [9.17, 15) is 14.7 Å². The van der Waals surface area contributed by atoms with Crippen molar-refractivity contribution in [1.82, 2.24) is 9.88 Å². The number of aliphatic hydroxyl groups excluding tert-OH is 1. The Morgan fingerprint density at radius 1 is 1.30 bits per heavy atom. The second kappa shape index (κ2) is 6.85. The molecule has 27 heavy (non-hydrogen) atoms. The van der Waals surface area contributed by atoms with Gasteiger partial charge in [-0.1, -0.05) is 12.1 Å². The molecule has 1 amide bonds. The number of hydrogen-bond donors (Lipinski definition) is 1. The van der Waals surface area contributed by atoms with Crippen LogP contribution in [-0.4, -0.2) is 26.7 Å².